The minimum Gasteiger partial charge on any atom is -0.493 e. The summed E-state index contributed by atoms with van der Waals surface area (Å²) in [5, 5.41) is 4.37. The van der Waals surface area contributed by atoms with Gasteiger partial charge in [-0.3, -0.25) is 9.10 Å². The number of nitrogens with one attached hydrogen (secondary N) is 1. The van der Waals surface area contributed by atoms with Gasteiger partial charge in [-0.25, -0.2) is 13.8 Å². The average molecular weight is 514 g/mol. The number of carbonyl (C=O) groups is 1. The number of carbonyl (C=O) groups excluding carboxylic acids is 1. The second kappa shape index (κ2) is 12.9. The van der Waals surface area contributed by atoms with Gasteiger partial charge in [0, 0.05) is 10.6 Å². The maximum absolute atomic E-state index is 13.3. The van der Waals surface area contributed by atoms with E-state index in [1.54, 1.807) is 36.4 Å². The monoisotopic (exact) mass is 513 g/mol. The lowest BCUT2D eigenvalue weighted by atomic mass is 10.2. The van der Waals surface area contributed by atoms with E-state index in [2.05, 4.69) is 17.5 Å². The number of anilines is 1. The van der Waals surface area contributed by atoms with E-state index in [9.17, 15) is 13.2 Å². The van der Waals surface area contributed by atoms with Crippen LogP contribution in [-0.2, 0) is 14.8 Å². The third-order valence-corrected chi connectivity index (χ3v) is 7.06. The Labute approximate surface area is 211 Å². The third-order valence-electron chi connectivity index (χ3n) is 5.03. The zero-order valence-corrected chi connectivity index (χ0v) is 21.0. The molecule has 0 heterocycles. The topological polar surface area (TPSA) is 88.1 Å². The minimum atomic E-state index is -4.02. The van der Waals surface area contributed by atoms with Crippen LogP contribution in [0.15, 0.2) is 88.9 Å². The maximum Gasteiger partial charge on any atom is 0.264 e. The van der Waals surface area contributed by atoms with Crippen LogP contribution < -0.4 is 14.5 Å². The summed E-state index contributed by atoms with van der Waals surface area (Å²) in [7, 11) is -4.02. The van der Waals surface area contributed by atoms with Gasteiger partial charge >= 0.3 is 0 Å². The fraction of sp³-hybridized carbons (Fsp3) is 0.231. The molecule has 0 aromatic heterocycles. The van der Waals surface area contributed by atoms with Gasteiger partial charge in [0.2, 0.25) is 0 Å². The van der Waals surface area contributed by atoms with Gasteiger partial charge in [-0.15, -0.1) is 0 Å². The van der Waals surface area contributed by atoms with Crippen molar-refractivity contribution in [2.75, 3.05) is 17.5 Å². The van der Waals surface area contributed by atoms with Crippen molar-refractivity contribution >= 4 is 39.4 Å². The number of amides is 1. The van der Waals surface area contributed by atoms with Crippen LogP contribution in [0.25, 0.3) is 0 Å². The normalized spacial score (nSPS) is 11.4. The molecule has 1 amide bonds. The second-order valence-electron chi connectivity index (χ2n) is 7.69. The minimum absolute atomic E-state index is 0.0606. The molecule has 0 atom stereocenters. The molecule has 9 heteroatoms. The molecule has 0 saturated carbocycles. The summed E-state index contributed by atoms with van der Waals surface area (Å²) in [4.78, 5) is 12.8. The third kappa shape index (κ3) is 7.56. The molecule has 184 valence electrons. The van der Waals surface area contributed by atoms with E-state index in [-0.39, 0.29) is 10.6 Å². The standard InChI is InChI=1S/C26H28ClN3O4S/c1-2-3-9-17-34-25-16-8-7-11-21(25)19-28-29-26(31)20-30(23-13-10-12-22(27)18-23)35(32,33)24-14-5-4-6-15-24/h4-8,10-16,18-19H,2-3,9,17,20H2,1H3,(H,29,31). The molecule has 7 nitrogen and oxygen atoms in total. The van der Waals surface area contributed by atoms with Crippen LogP contribution in [0.4, 0.5) is 5.69 Å². The van der Waals surface area contributed by atoms with Crippen LogP contribution in [0.5, 0.6) is 5.75 Å². The molecular formula is C26H28ClN3O4S. The first-order valence-corrected chi connectivity index (χ1v) is 13.1. The number of unbranched alkanes of at least 4 members (excludes halogenated alkanes) is 2. The molecule has 0 aliphatic rings. The summed E-state index contributed by atoms with van der Waals surface area (Å²) in [5.74, 6) is 0.0517. The van der Waals surface area contributed by atoms with Crippen molar-refractivity contribution in [1.82, 2.24) is 5.43 Å². The van der Waals surface area contributed by atoms with Crippen LogP contribution in [0, 0.1) is 0 Å². The lowest BCUT2D eigenvalue weighted by Gasteiger charge is -2.23. The van der Waals surface area contributed by atoms with E-state index >= 15 is 0 Å². The lowest BCUT2D eigenvalue weighted by molar-refractivity contribution is -0.119. The van der Waals surface area contributed by atoms with Gasteiger partial charge in [0.15, 0.2) is 0 Å². The second-order valence-corrected chi connectivity index (χ2v) is 9.99. The molecule has 0 aliphatic carbocycles. The SMILES string of the molecule is CCCCCOc1ccccc1C=NNC(=O)CN(c1cccc(Cl)c1)S(=O)(=O)c1ccccc1. The number of benzene rings is 3. The number of nitrogens with zero attached hydrogens (tertiary/aromatic N) is 2. The van der Waals surface area contributed by atoms with Gasteiger partial charge in [0.25, 0.3) is 15.9 Å². The molecule has 3 aromatic rings. The summed E-state index contributed by atoms with van der Waals surface area (Å²) in [5.41, 5.74) is 3.38. The zero-order chi connectivity index (χ0) is 25.1. The Hall–Kier alpha value is -3.36. The Morgan fingerprint density at radius 2 is 1.77 bits per heavy atom. The predicted octanol–water partition coefficient (Wildman–Crippen LogP) is 5.25. The van der Waals surface area contributed by atoms with E-state index in [4.69, 9.17) is 16.3 Å². The maximum atomic E-state index is 13.3. The highest BCUT2D eigenvalue weighted by Gasteiger charge is 2.27. The molecule has 35 heavy (non-hydrogen) atoms. The van der Waals surface area contributed by atoms with Crippen LogP contribution >= 0.6 is 11.6 Å². The highest BCUT2D eigenvalue weighted by molar-refractivity contribution is 7.92. The number of halogens is 1. The van der Waals surface area contributed by atoms with Crippen molar-refractivity contribution < 1.29 is 17.9 Å². The van der Waals surface area contributed by atoms with Crippen molar-refractivity contribution in [3.8, 4) is 5.75 Å². The van der Waals surface area contributed by atoms with Gasteiger partial charge in [-0.1, -0.05) is 67.8 Å². The number of rotatable bonds is 12. The van der Waals surface area contributed by atoms with Crippen molar-refractivity contribution in [1.29, 1.82) is 0 Å². The molecular weight excluding hydrogens is 486 g/mol. The Kier molecular flexibility index (Phi) is 9.69. The molecule has 3 rings (SSSR count). The van der Waals surface area contributed by atoms with E-state index in [0.717, 1.165) is 23.6 Å². The summed E-state index contributed by atoms with van der Waals surface area (Å²) in [6, 6.07) is 21.6. The van der Waals surface area contributed by atoms with Gasteiger partial charge in [-0.05, 0) is 48.9 Å². The van der Waals surface area contributed by atoms with E-state index in [0.29, 0.717) is 22.9 Å². The molecule has 0 bridgehead atoms. The molecule has 0 radical (unpaired) electrons. The Morgan fingerprint density at radius 3 is 2.51 bits per heavy atom. The van der Waals surface area contributed by atoms with Gasteiger partial charge in [0.05, 0.1) is 23.4 Å². The number of sulfonamides is 1. The van der Waals surface area contributed by atoms with Gasteiger partial charge in [0.1, 0.15) is 12.3 Å². The number of ether oxygens (including phenoxy) is 1. The number of hydrazone groups is 1. The van der Waals surface area contributed by atoms with Crippen molar-refractivity contribution in [2.45, 2.75) is 31.1 Å². The van der Waals surface area contributed by atoms with Crippen molar-refractivity contribution in [3.63, 3.8) is 0 Å². The van der Waals surface area contributed by atoms with Gasteiger partial charge in [-0.2, -0.15) is 5.10 Å². The van der Waals surface area contributed by atoms with Crippen molar-refractivity contribution in [3.05, 3.63) is 89.4 Å². The number of hydrogen-bond donors (Lipinski definition) is 1. The lowest BCUT2D eigenvalue weighted by Crippen LogP contribution is -2.39. The highest BCUT2D eigenvalue weighted by Crippen LogP contribution is 2.26. The molecule has 3 aromatic carbocycles. The average Bonchev–Trinajstić information content (AvgIpc) is 2.86. The smallest absolute Gasteiger partial charge is 0.264 e. The zero-order valence-electron chi connectivity index (χ0n) is 19.4. The first kappa shape index (κ1) is 26.2. The molecule has 0 fully saturated rings. The van der Waals surface area contributed by atoms with Crippen LogP contribution in [-0.4, -0.2) is 33.7 Å². The largest absolute Gasteiger partial charge is 0.493 e. The Bertz CT molecular complexity index is 1250. The van der Waals surface area contributed by atoms with E-state index in [1.807, 2.05) is 24.3 Å². The highest BCUT2D eigenvalue weighted by atomic mass is 35.5. The van der Waals surface area contributed by atoms with E-state index in [1.165, 1.54) is 24.4 Å². The molecule has 0 spiro atoms. The fourth-order valence-electron chi connectivity index (χ4n) is 3.26. The quantitative estimate of drug-likeness (QED) is 0.203. The fourth-order valence-corrected chi connectivity index (χ4v) is 4.88. The van der Waals surface area contributed by atoms with Crippen molar-refractivity contribution in [2.24, 2.45) is 5.10 Å². The first-order chi connectivity index (χ1) is 16.9. The molecule has 1 N–H and O–H groups in total. The summed E-state index contributed by atoms with van der Waals surface area (Å²) < 4.78 is 33.5. The summed E-state index contributed by atoms with van der Waals surface area (Å²) >= 11 is 6.08. The van der Waals surface area contributed by atoms with Gasteiger partial charge < -0.3 is 4.74 Å². The van der Waals surface area contributed by atoms with Crippen LogP contribution in [0.2, 0.25) is 5.02 Å². The summed E-state index contributed by atoms with van der Waals surface area (Å²) in [6.07, 6.45) is 4.61. The predicted molar refractivity (Wildman–Crippen MR) is 140 cm³/mol. The van der Waals surface area contributed by atoms with E-state index < -0.39 is 22.5 Å². The van der Waals surface area contributed by atoms with Crippen LogP contribution in [0.3, 0.4) is 0 Å². The first-order valence-electron chi connectivity index (χ1n) is 11.3. The molecule has 0 unspecified atom stereocenters. The van der Waals surface area contributed by atoms with Crippen LogP contribution in [0.1, 0.15) is 31.7 Å². The number of hydrogen-bond acceptors (Lipinski definition) is 5. The summed E-state index contributed by atoms with van der Waals surface area (Å²) in [6.45, 7) is 2.24. The Balaban J connectivity index is 1.74. The number of para-hydroxylation sites is 1. The Morgan fingerprint density at radius 1 is 1.03 bits per heavy atom. The molecule has 0 saturated heterocycles. The molecule has 0 aliphatic heterocycles.